The molecule has 0 heterocycles. The van der Waals surface area contributed by atoms with E-state index in [1.165, 1.54) is 103 Å². The first kappa shape index (κ1) is 40.4. The number of thioether (sulfide) groups is 1. The van der Waals surface area contributed by atoms with Gasteiger partial charge in [-0.3, -0.25) is 14.1 Å². The predicted octanol–water partition coefficient (Wildman–Crippen LogP) is 8.91. The Balaban J connectivity index is 3.77. The van der Waals surface area contributed by atoms with Crippen molar-refractivity contribution < 1.29 is 37.9 Å². The Kier molecular flexibility index (Phi) is 30.4. The van der Waals surface area contributed by atoms with Crippen molar-refractivity contribution >= 4 is 32.0 Å². The van der Waals surface area contributed by atoms with E-state index in [-0.39, 0.29) is 12.6 Å². The monoisotopic (exact) mass is 624 g/mol. The average molecular weight is 625 g/mol. The highest BCUT2D eigenvalue weighted by Crippen LogP contribution is 2.36. The van der Waals surface area contributed by atoms with Crippen molar-refractivity contribution in [2.24, 2.45) is 0 Å². The van der Waals surface area contributed by atoms with Crippen LogP contribution >= 0.6 is 19.6 Å². The highest BCUT2D eigenvalue weighted by atomic mass is 32.2. The number of hydrogen-bond donors (Lipinski definition) is 2. The van der Waals surface area contributed by atoms with Crippen LogP contribution in [0.15, 0.2) is 0 Å². The summed E-state index contributed by atoms with van der Waals surface area (Å²) in [5.41, 5.74) is 0. The molecule has 0 bridgehead atoms. The SMILES string of the molecule is CCCCCCCCCCCC(=O)O[C@H](COP(=O)(O)O)CSCCCCCCCCCCCCCCCOC=O. The Morgan fingerprint density at radius 1 is 0.732 bits per heavy atom. The van der Waals surface area contributed by atoms with Gasteiger partial charge in [0.15, 0.2) is 0 Å². The molecule has 10 heteroatoms. The van der Waals surface area contributed by atoms with Crippen molar-refractivity contribution in [3.05, 3.63) is 0 Å². The van der Waals surface area contributed by atoms with Gasteiger partial charge in [-0.25, -0.2) is 4.57 Å². The molecule has 1 atom stereocenters. The summed E-state index contributed by atoms with van der Waals surface area (Å²) in [4.78, 5) is 40.4. The maximum Gasteiger partial charge on any atom is 0.469 e. The number of hydrogen-bond acceptors (Lipinski definition) is 7. The van der Waals surface area contributed by atoms with Gasteiger partial charge in [0, 0.05) is 12.2 Å². The fraction of sp³-hybridized carbons (Fsp3) is 0.935. The summed E-state index contributed by atoms with van der Waals surface area (Å²) in [6, 6.07) is 0. The lowest BCUT2D eigenvalue weighted by Gasteiger charge is -2.18. The molecule has 0 aromatic rings. The van der Waals surface area contributed by atoms with Gasteiger partial charge >= 0.3 is 13.8 Å². The molecule has 2 N–H and O–H groups in total. The first-order chi connectivity index (χ1) is 19.9. The first-order valence-corrected chi connectivity index (χ1v) is 19.1. The molecule has 0 aliphatic carbocycles. The number of phosphoric ester groups is 1. The number of ether oxygens (including phenoxy) is 2. The fourth-order valence-electron chi connectivity index (χ4n) is 4.72. The molecule has 0 spiro atoms. The third-order valence-electron chi connectivity index (χ3n) is 7.13. The standard InChI is InChI=1S/C31H61O8PS/c1-2-3-4-5-6-12-15-18-21-24-31(33)39-30(27-38-40(34,35)36)28-41-26-23-20-17-14-11-9-7-8-10-13-16-19-22-25-37-29-32/h29-30H,2-28H2,1H3,(H2,34,35,36)/t30-/m1/s1. The van der Waals surface area contributed by atoms with Crippen LogP contribution in [0, 0.1) is 0 Å². The van der Waals surface area contributed by atoms with Gasteiger partial charge in [-0.2, -0.15) is 11.8 Å². The Morgan fingerprint density at radius 2 is 1.20 bits per heavy atom. The summed E-state index contributed by atoms with van der Waals surface area (Å²) >= 11 is 1.65. The van der Waals surface area contributed by atoms with Gasteiger partial charge in [-0.1, -0.05) is 129 Å². The summed E-state index contributed by atoms with van der Waals surface area (Å²) in [6.07, 6.45) is 26.1. The van der Waals surface area contributed by atoms with E-state index in [0.29, 0.717) is 25.3 Å². The Labute approximate surface area is 255 Å². The second kappa shape index (κ2) is 30.8. The molecular formula is C31H61O8PS. The summed E-state index contributed by atoms with van der Waals surface area (Å²) < 4.78 is 26.0. The van der Waals surface area contributed by atoms with E-state index < -0.39 is 13.9 Å². The molecule has 0 saturated carbocycles. The zero-order valence-corrected chi connectivity index (χ0v) is 27.7. The second-order valence-corrected chi connectivity index (χ2v) is 13.5. The van der Waals surface area contributed by atoms with Gasteiger partial charge in [-0.15, -0.1) is 0 Å². The van der Waals surface area contributed by atoms with E-state index in [9.17, 15) is 14.2 Å². The van der Waals surface area contributed by atoms with Crippen molar-refractivity contribution in [1.29, 1.82) is 0 Å². The van der Waals surface area contributed by atoms with Crippen LogP contribution in [0.5, 0.6) is 0 Å². The van der Waals surface area contributed by atoms with Gasteiger partial charge in [0.1, 0.15) is 6.10 Å². The maximum absolute atomic E-state index is 12.3. The van der Waals surface area contributed by atoms with Gasteiger partial charge in [0.05, 0.1) is 13.2 Å². The third kappa shape index (κ3) is 33.8. The largest absolute Gasteiger partial charge is 0.469 e. The van der Waals surface area contributed by atoms with Crippen molar-refractivity contribution in [3.63, 3.8) is 0 Å². The van der Waals surface area contributed by atoms with E-state index in [2.05, 4.69) is 11.4 Å². The summed E-state index contributed by atoms with van der Waals surface area (Å²) in [6.45, 7) is 3.00. The Morgan fingerprint density at radius 3 is 1.68 bits per heavy atom. The number of carbonyl (C=O) groups is 2. The molecular weight excluding hydrogens is 563 g/mol. The molecule has 0 amide bonds. The van der Waals surface area contributed by atoms with Crippen LogP contribution in [0.25, 0.3) is 0 Å². The first-order valence-electron chi connectivity index (χ1n) is 16.4. The molecule has 0 radical (unpaired) electrons. The molecule has 0 unspecified atom stereocenters. The molecule has 0 fully saturated rings. The van der Waals surface area contributed by atoms with Crippen LogP contribution < -0.4 is 0 Å². The maximum atomic E-state index is 12.3. The minimum Gasteiger partial charge on any atom is -0.468 e. The molecule has 8 nitrogen and oxygen atoms in total. The quantitative estimate of drug-likeness (QED) is 0.0319. The van der Waals surface area contributed by atoms with E-state index in [0.717, 1.165) is 44.3 Å². The van der Waals surface area contributed by atoms with Crippen LogP contribution in [0.4, 0.5) is 0 Å². The molecule has 0 aromatic carbocycles. The Bertz CT molecular complexity index is 631. The van der Waals surface area contributed by atoms with Gasteiger partial charge < -0.3 is 19.3 Å². The number of unbranched alkanes of at least 4 members (excludes halogenated alkanes) is 20. The van der Waals surface area contributed by atoms with E-state index in [1.54, 1.807) is 11.8 Å². The molecule has 0 aliphatic rings. The highest BCUT2D eigenvalue weighted by Gasteiger charge is 2.21. The lowest BCUT2D eigenvalue weighted by Crippen LogP contribution is -2.25. The van der Waals surface area contributed by atoms with Gasteiger partial charge in [0.25, 0.3) is 6.47 Å². The predicted molar refractivity (Wildman–Crippen MR) is 169 cm³/mol. The minimum atomic E-state index is -4.60. The molecule has 0 rings (SSSR count). The minimum absolute atomic E-state index is 0.281. The smallest absolute Gasteiger partial charge is 0.468 e. The highest BCUT2D eigenvalue weighted by molar-refractivity contribution is 7.99. The van der Waals surface area contributed by atoms with Crippen molar-refractivity contribution in [2.75, 3.05) is 24.7 Å². The fourth-order valence-corrected chi connectivity index (χ4v) is 6.08. The van der Waals surface area contributed by atoms with Crippen LogP contribution in [-0.4, -0.2) is 53.1 Å². The average Bonchev–Trinajstić information content (AvgIpc) is 2.93. The zero-order valence-electron chi connectivity index (χ0n) is 25.9. The van der Waals surface area contributed by atoms with Crippen LogP contribution in [-0.2, 0) is 28.2 Å². The lowest BCUT2D eigenvalue weighted by atomic mass is 10.0. The summed E-state index contributed by atoms with van der Waals surface area (Å²) in [5.74, 6) is 1.11. The number of phosphoric acid groups is 1. The van der Waals surface area contributed by atoms with Crippen LogP contribution in [0.1, 0.15) is 155 Å². The van der Waals surface area contributed by atoms with E-state index >= 15 is 0 Å². The normalized spacial score (nSPS) is 12.4. The van der Waals surface area contributed by atoms with Crippen molar-refractivity contribution in [1.82, 2.24) is 0 Å². The topological polar surface area (TPSA) is 119 Å². The number of rotatable bonds is 33. The van der Waals surface area contributed by atoms with Crippen LogP contribution in [0.3, 0.4) is 0 Å². The molecule has 0 aromatic heterocycles. The molecule has 0 saturated heterocycles. The molecule has 244 valence electrons. The van der Waals surface area contributed by atoms with E-state index in [1.807, 2.05) is 0 Å². The number of esters is 1. The summed E-state index contributed by atoms with van der Waals surface area (Å²) in [5, 5.41) is 0. The molecule has 0 aliphatic heterocycles. The van der Waals surface area contributed by atoms with Crippen LogP contribution in [0.2, 0.25) is 0 Å². The van der Waals surface area contributed by atoms with Gasteiger partial charge in [0.2, 0.25) is 0 Å². The second-order valence-electron chi connectivity index (χ2n) is 11.1. The van der Waals surface area contributed by atoms with Crippen molar-refractivity contribution in [3.8, 4) is 0 Å². The third-order valence-corrected chi connectivity index (χ3v) is 8.80. The van der Waals surface area contributed by atoms with Crippen molar-refractivity contribution in [2.45, 2.75) is 161 Å². The van der Waals surface area contributed by atoms with Gasteiger partial charge in [-0.05, 0) is 25.0 Å². The number of carbonyl (C=O) groups excluding carboxylic acids is 2. The summed E-state index contributed by atoms with van der Waals surface area (Å²) in [7, 11) is -4.60. The lowest BCUT2D eigenvalue weighted by molar-refractivity contribution is -0.149. The molecule has 41 heavy (non-hydrogen) atoms. The Hall–Kier alpha value is -0.600. The zero-order chi connectivity index (χ0) is 30.3. The van der Waals surface area contributed by atoms with E-state index in [4.69, 9.17) is 19.3 Å².